The first kappa shape index (κ1) is 22.3. The molecule has 12 heteroatoms. The van der Waals surface area contributed by atoms with E-state index in [4.69, 9.17) is 14.9 Å². The zero-order valence-corrected chi connectivity index (χ0v) is 17.9. The van der Waals surface area contributed by atoms with Gasteiger partial charge in [0, 0.05) is 23.9 Å². The van der Waals surface area contributed by atoms with Gasteiger partial charge in [-0.2, -0.15) is 0 Å². The molecule has 0 bridgehead atoms. The van der Waals surface area contributed by atoms with Gasteiger partial charge in [-0.05, 0) is 29.8 Å². The van der Waals surface area contributed by atoms with E-state index < -0.39 is 12.1 Å². The van der Waals surface area contributed by atoms with Gasteiger partial charge in [-0.3, -0.25) is 14.9 Å². The van der Waals surface area contributed by atoms with E-state index in [0.717, 1.165) is 5.56 Å². The molecule has 0 unspecified atom stereocenters. The molecule has 0 saturated carbocycles. The van der Waals surface area contributed by atoms with Crippen molar-refractivity contribution in [1.29, 1.82) is 0 Å². The van der Waals surface area contributed by atoms with Crippen molar-refractivity contribution < 1.29 is 23.5 Å². The van der Waals surface area contributed by atoms with Gasteiger partial charge in [0.1, 0.15) is 17.5 Å². The molecule has 1 aromatic carbocycles. The fourth-order valence-corrected chi connectivity index (χ4v) is 3.32. The van der Waals surface area contributed by atoms with Crippen molar-refractivity contribution in [3.63, 3.8) is 0 Å². The SMILES string of the molecule is COc1ccc2c(c1)C(=O)N(C[C@@H](C#Cc1ccc(-c3nnc(N)o3)nc1)NC(=O)NC=O)C2. The molecule has 0 saturated heterocycles. The molecule has 0 fully saturated rings. The number of urea groups is 1. The second-order valence-electron chi connectivity index (χ2n) is 7.14. The molecule has 0 spiro atoms. The summed E-state index contributed by atoms with van der Waals surface area (Å²) in [6, 6.07) is 7.02. The van der Waals surface area contributed by atoms with Gasteiger partial charge in [0.15, 0.2) is 0 Å². The van der Waals surface area contributed by atoms with Crippen molar-refractivity contribution >= 4 is 24.4 Å². The first-order valence-corrected chi connectivity index (χ1v) is 10.0. The summed E-state index contributed by atoms with van der Waals surface area (Å²) in [5.41, 5.74) is 7.76. The van der Waals surface area contributed by atoms with Crippen LogP contribution in [-0.2, 0) is 11.3 Å². The van der Waals surface area contributed by atoms with Crippen LogP contribution in [-0.4, -0.2) is 58.1 Å². The number of fused-ring (bicyclic) bond motifs is 1. The number of imide groups is 1. The van der Waals surface area contributed by atoms with Crippen molar-refractivity contribution in [3.05, 3.63) is 53.2 Å². The van der Waals surface area contributed by atoms with Crippen molar-refractivity contribution in [3.8, 4) is 29.2 Å². The number of anilines is 1. The number of nitrogens with one attached hydrogen (secondary N) is 2. The average Bonchev–Trinajstić information content (AvgIpc) is 3.41. The number of ether oxygens (including phenoxy) is 1. The number of nitrogens with two attached hydrogens (primary N) is 1. The Balaban J connectivity index is 1.51. The highest BCUT2D eigenvalue weighted by atomic mass is 16.5. The molecule has 4 N–H and O–H groups in total. The number of amides is 4. The maximum atomic E-state index is 12.9. The Bertz CT molecular complexity index is 1290. The summed E-state index contributed by atoms with van der Waals surface area (Å²) in [6.07, 6.45) is 1.75. The van der Waals surface area contributed by atoms with Gasteiger partial charge in [-0.1, -0.05) is 23.0 Å². The predicted octanol–water partition coefficient (Wildman–Crippen LogP) is 0.554. The zero-order chi connectivity index (χ0) is 24.1. The average molecular weight is 461 g/mol. The topological polar surface area (TPSA) is 166 Å². The Hall–Kier alpha value is -4.92. The number of nitrogen functional groups attached to an aromatic ring is 1. The zero-order valence-electron chi connectivity index (χ0n) is 17.9. The second-order valence-corrected chi connectivity index (χ2v) is 7.14. The molecule has 3 heterocycles. The van der Waals surface area contributed by atoms with Crippen molar-refractivity contribution in [1.82, 2.24) is 30.7 Å². The third kappa shape index (κ3) is 4.94. The molecular weight excluding hydrogens is 442 g/mol. The molecule has 172 valence electrons. The van der Waals surface area contributed by atoms with Gasteiger partial charge < -0.3 is 25.1 Å². The summed E-state index contributed by atoms with van der Waals surface area (Å²) in [5.74, 6) is 6.37. The molecule has 4 rings (SSSR count). The molecular formula is C22H19N7O5. The lowest BCUT2D eigenvalue weighted by atomic mass is 10.1. The van der Waals surface area contributed by atoms with Gasteiger partial charge in [0.2, 0.25) is 6.41 Å². The summed E-state index contributed by atoms with van der Waals surface area (Å²) in [7, 11) is 1.53. The lowest BCUT2D eigenvalue weighted by Crippen LogP contribution is -2.46. The van der Waals surface area contributed by atoms with Crippen LogP contribution in [0.4, 0.5) is 10.8 Å². The van der Waals surface area contributed by atoms with Gasteiger partial charge in [-0.15, -0.1) is 5.10 Å². The first-order valence-electron chi connectivity index (χ1n) is 10.0. The number of nitrogens with zero attached hydrogens (tertiary/aromatic N) is 4. The van der Waals surface area contributed by atoms with Gasteiger partial charge in [0.05, 0.1) is 13.7 Å². The summed E-state index contributed by atoms with van der Waals surface area (Å²) in [6.45, 7) is 0.457. The summed E-state index contributed by atoms with van der Waals surface area (Å²) in [4.78, 5) is 41.2. The number of benzene rings is 1. The van der Waals surface area contributed by atoms with E-state index >= 15 is 0 Å². The van der Waals surface area contributed by atoms with Crippen LogP contribution < -0.4 is 21.1 Å². The van der Waals surface area contributed by atoms with Crippen LogP contribution in [0.5, 0.6) is 5.75 Å². The van der Waals surface area contributed by atoms with Crippen molar-refractivity contribution in [2.24, 2.45) is 0 Å². The number of hydrogen-bond acceptors (Lipinski definition) is 9. The number of hydrogen-bond donors (Lipinski definition) is 3. The lowest BCUT2D eigenvalue weighted by Gasteiger charge is -2.21. The van der Waals surface area contributed by atoms with Gasteiger partial charge in [-0.25, -0.2) is 9.78 Å². The standard InChI is InChI=1S/C22H19N7O5/c1-33-16-6-4-14-10-29(20(31)17(14)8-16)11-15(26-22(32)25-12-30)5-2-13-3-7-18(24-9-13)19-27-28-21(23)34-19/h3-4,6-9,12,15H,10-11H2,1H3,(H2,23,28)(H2,25,26,30,32)/t15-/m1/s1. The summed E-state index contributed by atoms with van der Waals surface area (Å²) < 4.78 is 10.3. The second kappa shape index (κ2) is 9.70. The largest absolute Gasteiger partial charge is 0.497 e. The number of carbonyl (C=O) groups is 3. The number of carbonyl (C=O) groups excluding carboxylic acids is 3. The van der Waals surface area contributed by atoms with E-state index in [2.05, 4.69) is 32.3 Å². The van der Waals surface area contributed by atoms with E-state index in [9.17, 15) is 14.4 Å². The molecule has 12 nitrogen and oxygen atoms in total. The number of methoxy groups -OCH3 is 1. The first-order chi connectivity index (χ1) is 16.5. The maximum absolute atomic E-state index is 12.9. The number of rotatable bonds is 6. The Kier molecular flexibility index (Phi) is 6.35. The molecule has 1 aliphatic rings. The lowest BCUT2D eigenvalue weighted by molar-refractivity contribution is -0.108. The van der Waals surface area contributed by atoms with Crippen LogP contribution in [0.2, 0.25) is 0 Å². The van der Waals surface area contributed by atoms with Crippen molar-refractivity contribution in [2.45, 2.75) is 12.6 Å². The number of pyridine rings is 1. The molecule has 0 aliphatic carbocycles. The third-order valence-electron chi connectivity index (χ3n) is 4.91. The Morgan fingerprint density at radius 1 is 1.35 bits per heavy atom. The highest BCUT2D eigenvalue weighted by Gasteiger charge is 2.29. The Morgan fingerprint density at radius 3 is 2.88 bits per heavy atom. The van der Waals surface area contributed by atoms with Gasteiger partial charge >= 0.3 is 12.0 Å². The monoisotopic (exact) mass is 461 g/mol. The fourth-order valence-electron chi connectivity index (χ4n) is 3.32. The van der Waals surface area contributed by atoms with E-state index in [1.807, 2.05) is 11.4 Å². The van der Waals surface area contributed by atoms with Crippen LogP contribution in [0.25, 0.3) is 11.6 Å². The third-order valence-corrected chi connectivity index (χ3v) is 4.91. The highest BCUT2D eigenvalue weighted by molar-refractivity contribution is 5.98. The Morgan fingerprint density at radius 2 is 2.21 bits per heavy atom. The van der Waals surface area contributed by atoms with Gasteiger partial charge in [0.25, 0.3) is 11.8 Å². The normalized spacial score (nSPS) is 12.9. The summed E-state index contributed by atoms with van der Waals surface area (Å²) >= 11 is 0. The minimum Gasteiger partial charge on any atom is -0.497 e. The van der Waals surface area contributed by atoms with Crippen LogP contribution >= 0.6 is 0 Å². The van der Waals surface area contributed by atoms with Crippen LogP contribution in [0.3, 0.4) is 0 Å². The molecule has 0 radical (unpaired) electrons. The smallest absolute Gasteiger partial charge is 0.322 e. The quantitative estimate of drug-likeness (QED) is 0.351. The molecule has 4 amide bonds. The molecule has 2 aromatic heterocycles. The molecule has 3 aromatic rings. The highest BCUT2D eigenvalue weighted by Crippen LogP contribution is 2.26. The van der Waals surface area contributed by atoms with Crippen LogP contribution in [0.1, 0.15) is 21.5 Å². The predicted molar refractivity (Wildman–Crippen MR) is 118 cm³/mol. The molecule has 34 heavy (non-hydrogen) atoms. The minimum absolute atomic E-state index is 0.0692. The van der Waals surface area contributed by atoms with E-state index in [1.165, 1.54) is 13.3 Å². The van der Waals surface area contributed by atoms with E-state index in [0.29, 0.717) is 29.1 Å². The maximum Gasteiger partial charge on any atom is 0.322 e. The van der Waals surface area contributed by atoms with E-state index in [1.54, 1.807) is 29.2 Å². The minimum atomic E-state index is -0.768. The Labute approximate surface area is 193 Å². The van der Waals surface area contributed by atoms with E-state index in [-0.39, 0.29) is 30.8 Å². The number of aromatic nitrogens is 3. The van der Waals surface area contributed by atoms with Crippen LogP contribution in [0, 0.1) is 11.8 Å². The summed E-state index contributed by atoms with van der Waals surface area (Å²) in [5, 5.41) is 11.9. The molecule has 1 atom stereocenters. The van der Waals surface area contributed by atoms with Crippen molar-refractivity contribution in [2.75, 3.05) is 19.4 Å². The van der Waals surface area contributed by atoms with Crippen LogP contribution in [0.15, 0.2) is 40.9 Å². The molecule has 1 aliphatic heterocycles. The fraction of sp³-hybridized carbons (Fsp3) is 0.182.